The van der Waals surface area contributed by atoms with E-state index >= 15 is 0 Å². The molecule has 0 spiro atoms. The number of halogens is 1. The number of nitrogens with one attached hydrogen (secondary N) is 1. The summed E-state index contributed by atoms with van der Waals surface area (Å²) < 4.78 is 0. The second-order valence-corrected chi connectivity index (χ2v) is 6.04. The van der Waals surface area contributed by atoms with Crippen LogP contribution in [0.15, 0.2) is 24.3 Å². The molecule has 0 aliphatic heterocycles. The first-order valence-electron chi connectivity index (χ1n) is 7.31. The van der Waals surface area contributed by atoms with Gasteiger partial charge in [0.2, 0.25) is 5.91 Å². The molecule has 21 heavy (non-hydrogen) atoms. The fourth-order valence-electron chi connectivity index (χ4n) is 2.51. The van der Waals surface area contributed by atoms with Gasteiger partial charge in [-0.05, 0) is 30.0 Å². The smallest absolute Gasteiger partial charge is 0.305 e. The van der Waals surface area contributed by atoms with Gasteiger partial charge in [0.05, 0.1) is 12.5 Å². The predicted molar refractivity (Wildman–Crippen MR) is 81.2 cm³/mol. The highest BCUT2D eigenvalue weighted by Crippen LogP contribution is 2.30. The lowest BCUT2D eigenvalue weighted by Gasteiger charge is -2.25. The van der Waals surface area contributed by atoms with Crippen LogP contribution in [0.3, 0.4) is 0 Å². The van der Waals surface area contributed by atoms with Gasteiger partial charge in [0.15, 0.2) is 0 Å². The normalized spacial score (nSPS) is 16.0. The molecule has 0 heterocycles. The average Bonchev–Trinajstić information content (AvgIpc) is 2.36. The lowest BCUT2D eigenvalue weighted by molar-refractivity contribution is -0.137. The molecule has 0 unspecified atom stereocenters. The Hall–Kier alpha value is -1.55. The van der Waals surface area contributed by atoms with Crippen LogP contribution in [-0.4, -0.2) is 17.0 Å². The van der Waals surface area contributed by atoms with Crippen molar-refractivity contribution in [3.05, 3.63) is 34.9 Å². The zero-order chi connectivity index (χ0) is 15.2. The van der Waals surface area contributed by atoms with Gasteiger partial charge in [-0.3, -0.25) is 9.59 Å². The van der Waals surface area contributed by atoms with Crippen molar-refractivity contribution in [2.45, 2.75) is 44.6 Å². The van der Waals surface area contributed by atoms with Crippen molar-refractivity contribution < 1.29 is 14.7 Å². The first-order chi connectivity index (χ1) is 10.0. The lowest BCUT2D eigenvalue weighted by Crippen LogP contribution is -2.30. The maximum atomic E-state index is 12.0. The number of carboxylic acids is 1. The Morgan fingerprint density at radius 2 is 1.95 bits per heavy atom. The fraction of sp³-hybridized carbons (Fsp3) is 0.500. The molecule has 1 aliphatic rings. The number of carbonyl (C=O) groups is 2. The van der Waals surface area contributed by atoms with Gasteiger partial charge in [-0.15, -0.1) is 0 Å². The van der Waals surface area contributed by atoms with Crippen LogP contribution < -0.4 is 5.32 Å². The predicted octanol–water partition coefficient (Wildman–Crippen LogP) is 3.55. The molecule has 0 saturated heterocycles. The minimum Gasteiger partial charge on any atom is -0.481 e. The molecule has 1 saturated carbocycles. The Morgan fingerprint density at radius 3 is 2.48 bits per heavy atom. The van der Waals surface area contributed by atoms with Gasteiger partial charge in [0.1, 0.15) is 0 Å². The van der Waals surface area contributed by atoms with Crippen molar-refractivity contribution in [1.29, 1.82) is 0 Å². The van der Waals surface area contributed by atoms with Crippen molar-refractivity contribution in [1.82, 2.24) is 5.32 Å². The molecule has 114 valence electrons. The maximum Gasteiger partial charge on any atom is 0.305 e. The second kappa shape index (κ2) is 7.46. The quantitative estimate of drug-likeness (QED) is 0.809. The number of rotatable bonds is 7. The van der Waals surface area contributed by atoms with Crippen molar-refractivity contribution in [3.8, 4) is 0 Å². The number of carboxylic acid groups (broad SMARTS) is 1. The molecule has 0 bridgehead atoms. The molecule has 5 heteroatoms. The summed E-state index contributed by atoms with van der Waals surface area (Å²) >= 11 is 5.83. The largest absolute Gasteiger partial charge is 0.481 e. The van der Waals surface area contributed by atoms with Crippen molar-refractivity contribution in [3.63, 3.8) is 0 Å². The highest BCUT2D eigenvalue weighted by atomic mass is 35.5. The van der Waals surface area contributed by atoms with Crippen LogP contribution in [0.4, 0.5) is 0 Å². The third-order valence-electron chi connectivity index (χ3n) is 3.99. The summed E-state index contributed by atoms with van der Waals surface area (Å²) in [4.78, 5) is 23.0. The number of benzene rings is 1. The maximum absolute atomic E-state index is 12.0. The first-order valence-corrected chi connectivity index (χ1v) is 7.69. The molecule has 1 amide bonds. The highest BCUT2D eigenvalue weighted by molar-refractivity contribution is 6.30. The number of aliphatic carboxylic acids is 1. The minimum atomic E-state index is -0.936. The Balaban J connectivity index is 1.93. The second-order valence-electron chi connectivity index (χ2n) is 5.61. The van der Waals surface area contributed by atoms with E-state index in [1.54, 1.807) is 24.3 Å². The van der Waals surface area contributed by atoms with E-state index in [1.165, 1.54) is 19.3 Å². The van der Waals surface area contributed by atoms with Gasteiger partial charge in [-0.1, -0.05) is 43.0 Å². The van der Waals surface area contributed by atoms with E-state index < -0.39 is 12.0 Å². The third kappa shape index (κ3) is 5.05. The molecule has 4 nitrogen and oxygen atoms in total. The zero-order valence-electron chi connectivity index (χ0n) is 11.8. The number of hydrogen-bond donors (Lipinski definition) is 2. The van der Waals surface area contributed by atoms with Crippen LogP contribution in [0, 0.1) is 5.92 Å². The summed E-state index contributed by atoms with van der Waals surface area (Å²) in [5.74, 6) is -0.346. The summed E-state index contributed by atoms with van der Waals surface area (Å²) in [7, 11) is 0. The summed E-state index contributed by atoms with van der Waals surface area (Å²) in [6.07, 6.45) is 4.92. The molecular weight excluding hydrogens is 290 g/mol. The van der Waals surface area contributed by atoms with Gasteiger partial charge in [0.25, 0.3) is 0 Å². The van der Waals surface area contributed by atoms with E-state index in [9.17, 15) is 9.59 Å². The fourth-order valence-corrected chi connectivity index (χ4v) is 2.63. The molecule has 0 radical (unpaired) electrons. The third-order valence-corrected chi connectivity index (χ3v) is 4.24. The highest BCUT2D eigenvalue weighted by Gasteiger charge is 2.21. The standard InChI is InChI=1S/C16H20ClNO3/c17-13-7-5-12(6-8-13)14(10-16(20)21)18-15(19)9-4-11-2-1-3-11/h5-8,11,14H,1-4,9-10H2,(H,18,19)(H,20,21)/t14-/m0/s1. The van der Waals surface area contributed by atoms with Crippen LogP contribution in [0.5, 0.6) is 0 Å². The lowest BCUT2D eigenvalue weighted by atomic mass is 9.82. The Morgan fingerprint density at radius 1 is 1.29 bits per heavy atom. The molecular formula is C16H20ClNO3. The topological polar surface area (TPSA) is 66.4 Å². The van der Waals surface area contributed by atoms with E-state index in [0.29, 0.717) is 17.4 Å². The molecule has 1 aromatic rings. The molecule has 1 aliphatic carbocycles. The van der Waals surface area contributed by atoms with Gasteiger partial charge in [-0.2, -0.15) is 0 Å². The van der Waals surface area contributed by atoms with Crippen LogP contribution >= 0.6 is 11.6 Å². The van der Waals surface area contributed by atoms with E-state index in [-0.39, 0.29) is 12.3 Å². The van der Waals surface area contributed by atoms with E-state index in [0.717, 1.165) is 12.0 Å². The van der Waals surface area contributed by atoms with Crippen molar-refractivity contribution in [2.24, 2.45) is 5.92 Å². The number of amides is 1. The molecule has 1 aromatic carbocycles. The van der Waals surface area contributed by atoms with Gasteiger partial charge >= 0.3 is 5.97 Å². The summed E-state index contributed by atoms with van der Waals surface area (Å²) in [5.41, 5.74) is 0.763. The summed E-state index contributed by atoms with van der Waals surface area (Å²) in [5, 5.41) is 12.4. The zero-order valence-corrected chi connectivity index (χ0v) is 12.6. The Labute approximate surface area is 129 Å². The van der Waals surface area contributed by atoms with Crippen LogP contribution in [0.2, 0.25) is 5.02 Å². The molecule has 1 fully saturated rings. The van der Waals surface area contributed by atoms with Gasteiger partial charge < -0.3 is 10.4 Å². The number of hydrogen-bond acceptors (Lipinski definition) is 2. The Kier molecular flexibility index (Phi) is 5.62. The monoisotopic (exact) mass is 309 g/mol. The first kappa shape index (κ1) is 15.8. The Bertz CT molecular complexity index is 497. The van der Waals surface area contributed by atoms with Crippen molar-refractivity contribution >= 4 is 23.5 Å². The average molecular weight is 310 g/mol. The SMILES string of the molecule is O=C(O)C[C@H](NC(=O)CCC1CCC1)c1ccc(Cl)cc1. The summed E-state index contributed by atoms with van der Waals surface area (Å²) in [6, 6.07) is 6.40. The minimum absolute atomic E-state index is 0.0805. The van der Waals surface area contributed by atoms with Crippen LogP contribution in [0.25, 0.3) is 0 Å². The van der Waals surface area contributed by atoms with Gasteiger partial charge in [0, 0.05) is 11.4 Å². The van der Waals surface area contributed by atoms with Crippen LogP contribution in [-0.2, 0) is 9.59 Å². The molecule has 1 atom stereocenters. The van der Waals surface area contributed by atoms with Crippen LogP contribution in [0.1, 0.15) is 50.1 Å². The molecule has 0 aromatic heterocycles. The van der Waals surface area contributed by atoms with E-state index in [4.69, 9.17) is 16.7 Å². The molecule has 2 rings (SSSR count). The van der Waals surface area contributed by atoms with E-state index in [2.05, 4.69) is 5.32 Å². The summed E-state index contributed by atoms with van der Waals surface area (Å²) in [6.45, 7) is 0. The molecule has 2 N–H and O–H groups in total. The van der Waals surface area contributed by atoms with Crippen molar-refractivity contribution in [2.75, 3.05) is 0 Å². The number of carbonyl (C=O) groups excluding carboxylic acids is 1. The van der Waals surface area contributed by atoms with Gasteiger partial charge in [-0.25, -0.2) is 0 Å². The van der Waals surface area contributed by atoms with E-state index in [1.807, 2.05) is 0 Å².